The number of hydrogen-bond acceptors (Lipinski definition) is 2. The molecule has 1 heterocycles. The van der Waals surface area contributed by atoms with Gasteiger partial charge in [-0.1, -0.05) is 6.07 Å². The van der Waals surface area contributed by atoms with Gasteiger partial charge >= 0.3 is 0 Å². The van der Waals surface area contributed by atoms with Gasteiger partial charge in [0, 0.05) is 10.9 Å². The van der Waals surface area contributed by atoms with Gasteiger partial charge in [-0.05, 0) is 42.7 Å². The quantitative estimate of drug-likeness (QED) is 0.761. The molecular formula is C11H14FNS. The SMILES string of the molecule is Nc1cc(F)ccc1CC1CCCS1. The lowest BCUT2D eigenvalue weighted by atomic mass is 10.1. The van der Waals surface area contributed by atoms with Crippen LogP contribution in [0.5, 0.6) is 0 Å². The van der Waals surface area contributed by atoms with Crippen LogP contribution in [0.2, 0.25) is 0 Å². The molecular weight excluding hydrogens is 197 g/mol. The van der Waals surface area contributed by atoms with Crippen LogP contribution in [0.25, 0.3) is 0 Å². The van der Waals surface area contributed by atoms with Crippen molar-refractivity contribution in [2.45, 2.75) is 24.5 Å². The van der Waals surface area contributed by atoms with Gasteiger partial charge in [0.05, 0.1) is 0 Å². The molecule has 1 atom stereocenters. The lowest BCUT2D eigenvalue weighted by Gasteiger charge is -2.10. The minimum absolute atomic E-state index is 0.245. The predicted octanol–water partition coefficient (Wildman–Crippen LogP) is 2.85. The topological polar surface area (TPSA) is 26.0 Å². The molecule has 1 saturated heterocycles. The highest BCUT2D eigenvalue weighted by Gasteiger charge is 2.16. The number of nitrogen functional groups attached to an aromatic ring is 1. The van der Waals surface area contributed by atoms with E-state index in [4.69, 9.17) is 5.73 Å². The Hall–Kier alpha value is -0.700. The molecule has 1 aliphatic rings. The molecule has 1 nitrogen and oxygen atoms in total. The molecule has 14 heavy (non-hydrogen) atoms. The summed E-state index contributed by atoms with van der Waals surface area (Å²) in [5.41, 5.74) is 7.43. The van der Waals surface area contributed by atoms with E-state index in [1.165, 1.54) is 30.7 Å². The van der Waals surface area contributed by atoms with Crippen LogP contribution in [-0.2, 0) is 6.42 Å². The molecule has 1 unspecified atom stereocenters. The normalized spacial score (nSPS) is 21.4. The molecule has 0 bridgehead atoms. The molecule has 3 heteroatoms. The van der Waals surface area contributed by atoms with Crippen molar-refractivity contribution in [2.75, 3.05) is 11.5 Å². The van der Waals surface area contributed by atoms with Crippen LogP contribution >= 0.6 is 11.8 Å². The third-order valence-corrected chi connectivity index (χ3v) is 3.98. The maximum atomic E-state index is 12.8. The van der Waals surface area contributed by atoms with E-state index in [1.54, 1.807) is 0 Å². The summed E-state index contributed by atoms with van der Waals surface area (Å²) < 4.78 is 12.8. The van der Waals surface area contributed by atoms with Crippen LogP contribution in [0.3, 0.4) is 0 Å². The van der Waals surface area contributed by atoms with Crippen LogP contribution in [0.4, 0.5) is 10.1 Å². The van der Waals surface area contributed by atoms with Crippen LogP contribution in [0, 0.1) is 5.82 Å². The van der Waals surface area contributed by atoms with Gasteiger partial charge in [0.2, 0.25) is 0 Å². The fourth-order valence-corrected chi connectivity index (χ4v) is 3.10. The summed E-state index contributed by atoms with van der Waals surface area (Å²) in [7, 11) is 0. The summed E-state index contributed by atoms with van der Waals surface area (Å²) in [5, 5.41) is 0.683. The molecule has 2 N–H and O–H groups in total. The molecule has 0 aromatic heterocycles. The zero-order valence-electron chi connectivity index (χ0n) is 8.00. The maximum Gasteiger partial charge on any atom is 0.125 e. The molecule has 1 aromatic carbocycles. The fraction of sp³-hybridized carbons (Fsp3) is 0.455. The predicted molar refractivity (Wildman–Crippen MR) is 60.0 cm³/mol. The summed E-state index contributed by atoms with van der Waals surface area (Å²) in [5.74, 6) is 1.01. The lowest BCUT2D eigenvalue weighted by molar-refractivity contribution is 0.627. The first-order valence-electron chi connectivity index (χ1n) is 4.91. The molecule has 1 aliphatic heterocycles. The van der Waals surface area contributed by atoms with Gasteiger partial charge in [-0.25, -0.2) is 4.39 Å². The first-order valence-corrected chi connectivity index (χ1v) is 5.96. The second-order valence-corrected chi connectivity index (χ2v) is 5.09. The smallest absolute Gasteiger partial charge is 0.125 e. The average molecular weight is 211 g/mol. The van der Waals surface area contributed by atoms with Gasteiger partial charge in [0.25, 0.3) is 0 Å². The van der Waals surface area contributed by atoms with Crippen molar-refractivity contribution >= 4 is 17.4 Å². The zero-order valence-corrected chi connectivity index (χ0v) is 8.82. The number of anilines is 1. The number of thioether (sulfide) groups is 1. The minimum atomic E-state index is -0.245. The van der Waals surface area contributed by atoms with Gasteiger partial charge in [-0.15, -0.1) is 0 Å². The van der Waals surface area contributed by atoms with Crippen molar-refractivity contribution in [3.8, 4) is 0 Å². The second kappa shape index (κ2) is 4.22. The van der Waals surface area contributed by atoms with E-state index < -0.39 is 0 Å². The highest BCUT2D eigenvalue weighted by atomic mass is 32.2. The Balaban J connectivity index is 2.08. The Labute approximate surface area is 87.9 Å². The summed E-state index contributed by atoms with van der Waals surface area (Å²) in [6.45, 7) is 0. The summed E-state index contributed by atoms with van der Waals surface area (Å²) in [6.07, 6.45) is 3.55. The number of nitrogens with two attached hydrogens (primary N) is 1. The lowest BCUT2D eigenvalue weighted by Crippen LogP contribution is -2.04. The molecule has 1 aromatic rings. The molecule has 0 saturated carbocycles. The van der Waals surface area contributed by atoms with Gasteiger partial charge < -0.3 is 5.73 Å². The Bertz CT molecular complexity index is 321. The standard InChI is InChI=1S/C11H14FNS/c12-9-4-3-8(11(13)7-9)6-10-2-1-5-14-10/h3-4,7,10H,1-2,5-6,13H2. The summed E-state index contributed by atoms with van der Waals surface area (Å²) in [4.78, 5) is 0. The number of hydrogen-bond donors (Lipinski definition) is 1. The van der Waals surface area contributed by atoms with E-state index in [2.05, 4.69) is 0 Å². The average Bonchev–Trinajstić information content (AvgIpc) is 2.62. The van der Waals surface area contributed by atoms with Crippen molar-refractivity contribution < 1.29 is 4.39 Å². The second-order valence-electron chi connectivity index (χ2n) is 3.68. The highest BCUT2D eigenvalue weighted by molar-refractivity contribution is 8.00. The first-order chi connectivity index (χ1) is 6.75. The Morgan fingerprint density at radius 1 is 1.50 bits per heavy atom. The van der Waals surface area contributed by atoms with Gasteiger partial charge in [-0.2, -0.15) is 11.8 Å². The van der Waals surface area contributed by atoms with Crippen LogP contribution in [0.15, 0.2) is 18.2 Å². The van der Waals surface area contributed by atoms with Gasteiger partial charge in [0.15, 0.2) is 0 Å². The van der Waals surface area contributed by atoms with E-state index in [0.717, 1.165) is 12.0 Å². The van der Waals surface area contributed by atoms with Crippen molar-refractivity contribution in [3.05, 3.63) is 29.6 Å². The van der Waals surface area contributed by atoms with Gasteiger partial charge in [-0.3, -0.25) is 0 Å². The van der Waals surface area contributed by atoms with Crippen molar-refractivity contribution in [1.29, 1.82) is 0 Å². The molecule has 1 fully saturated rings. The molecule has 0 aliphatic carbocycles. The third kappa shape index (κ3) is 2.21. The van der Waals surface area contributed by atoms with E-state index in [9.17, 15) is 4.39 Å². The van der Waals surface area contributed by atoms with Crippen molar-refractivity contribution in [1.82, 2.24) is 0 Å². The fourth-order valence-electron chi connectivity index (χ4n) is 1.80. The summed E-state index contributed by atoms with van der Waals surface area (Å²) >= 11 is 2.00. The van der Waals surface area contributed by atoms with E-state index in [0.29, 0.717) is 10.9 Å². The molecule has 2 rings (SSSR count). The number of rotatable bonds is 2. The van der Waals surface area contributed by atoms with E-state index in [1.807, 2.05) is 17.8 Å². The number of halogens is 1. The maximum absolute atomic E-state index is 12.8. The first kappa shape index (κ1) is 9.84. The van der Waals surface area contributed by atoms with Crippen molar-refractivity contribution in [2.24, 2.45) is 0 Å². The third-order valence-electron chi connectivity index (χ3n) is 2.58. The van der Waals surface area contributed by atoms with E-state index >= 15 is 0 Å². The zero-order chi connectivity index (χ0) is 9.97. The largest absolute Gasteiger partial charge is 0.398 e. The Morgan fingerprint density at radius 3 is 3.00 bits per heavy atom. The molecule has 0 radical (unpaired) electrons. The monoisotopic (exact) mass is 211 g/mol. The molecule has 0 spiro atoms. The van der Waals surface area contributed by atoms with Crippen LogP contribution in [-0.4, -0.2) is 11.0 Å². The van der Waals surface area contributed by atoms with E-state index in [-0.39, 0.29) is 5.82 Å². The molecule has 0 amide bonds. The Kier molecular flexibility index (Phi) is 2.96. The Morgan fingerprint density at radius 2 is 2.36 bits per heavy atom. The van der Waals surface area contributed by atoms with Crippen LogP contribution in [0.1, 0.15) is 18.4 Å². The highest BCUT2D eigenvalue weighted by Crippen LogP contribution is 2.30. The van der Waals surface area contributed by atoms with Crippen molar-refractivity contribution in [3.63, 3.8) is 0 Å². The van der Waals surface area contributed by atoms with Gasteiger partial charge in [0.1, 0.15) is 5.82 Å². The number of benzene rings is 1. The molecule has 76 valence electrons. The minimum Gasteiger partial charge on any atom is -0.398 e. The summed E-state index contributed by atoms with van der Waals surface area (Å²) in [6, 6.07) is 4.71. The van der Waals surface area contributed by atoms with Crippen LogP contribution < -0.4 is 5.73 Å².